The fraction of sp³-hybridized carbons (Fsp3) is 0.403. The second kappa shape index (κ2) is 30.0. The number of urea groups is 1. The van der Waals surface area contributed by atoms with Crippen LogP contribution in [0, 0.1) is 17.1 Å². The van der Waals surface area contributed by atoms with Crippen LogP contribution in [0.1, 0.15) is 89.4 Å². The Morgan fingerprint density at radius 1 is 0.852 bits per heavy atom. The smallest absolute Gasteiger partial charge is 0.326 e. The number of carbonyl (C=O) groups is 4. The van der Waals surface area contributed by atoms with Gasteiger partial charge < -0.3 is 58.9 Å². The molecule has 464 valence electrons. The van der Waals surface area contributed by atoms with Crippen molar-refractivity contribution in [3.8, 4) is 34.7 Å². The fourth-order valence-electron chi connectivity index (χ4n) is 10.3. The van der Waals surface area contributed by atoms with Crippen molar-refractivity contribution in [2.45, 2.75) is 64.6 Å². The average molecular weight is 1250 g/mol. The number of rotatable bonds is 24. The zero-order valence-electron chi connectivity index (χ0n) is 49.5. The van der Waals surface area contributed by atoms with Gasteiger partial charge in [0.2, 0.25) is 11.8 Å². The number of carbonyl (C=O) groups excluding carboxylic acids is 4. The molecule has 23 nitrogen and oxygen atoms in total. The predicted molar refractivity (Wildman–Crippen MR) is 324 cm³/mol. The number of amidine groups is 1. The number of hydrogen-bond acceptors (Lipinski definition) is 17. The van der Waals surface area contributed by atoms with Crippen molar-refractivity contribution < 1.29 is 56.7 Å². The van der Waals surface area contributed by atoms with E-state index in [0.717, 1.165) is 11.1 Å². The number of anilines is 1. The van der Waals surface area contributed by atoms with Crippen LogP contribution in [0.25, 0.3) is 11.3 Å². The van der Waals surface area contributed by atoms with Crippen molar-refractivity contribution in [2.24, 2.45) is 4.99 Å². The first-order chi connectivity index (χ1) is 42.5. The van der Waals surface area contributed by atoms with Gasteiger partial charge in [0.15, 0.2) is 11.5 Å². The molecular weight excluding hydrogens is 1180 g/mol. The van der Waals surface area contributed by atoms with Gasteiger partial charge in [0.05, 0.1) is 114 Å². The van der Waals surface area contributed by atoms with E-state index in [-0.39, 0.29) is 118 Å². The van der Waals surface area contributed by atoms with Crippen LogP contribution in [0.15, 0.2) is 96.1 Å². The van der Waals surface area contributed by atoms with Crippen molar-refractivity contribution in [3.05, 3.63) is 146 Å². The number of aromatic nitrogens is 4. The number of nitrogen functional groups attached to an aromatic ring is 1. The Kier molecular flexibility index (Phi) is 21.8. The maximum absolute atomic E-state index is 15.1. The Hall–Kier alpha value is -8.44. The SMILES string of the molecule is COc1ccc(C2=N[C@H](c3ccc(Cl)cc3)[C@H](c3ccc(Cl)cc3)N2C(=O)N2CCN(CCOCCOCCOCCOCCC(=O)NCCn3nc(C#N)c4c3CN(C)C(=O)c3ccc(F)cc3[C@@H](C)Oc3nc-4cnc3N)C(=O)C2)c(OC(C)C)c1. The Morgan fingerprint density at radius 2 is 1.51 bits per heavy atom. The lowest BCUT2D eigenvalue weighted by molar-refractivity contribution is -0.135. The molecular formula is C62H69Cl2FN12O11. The predicted octanol–water partition coefficient (Wildman–Crippen LogP) is 7.84. The molecule has 0 radical (unpaired) electrons. The van der Waals surface area contributed by atoms with Gasteiger partial charge in [0.25, 0.3) is 11.8 Å². The van der Waals surface area contributed by atoms with E-state index in [0.29, 0.717) is 83.7 Å². The summed E-state index contributed by atoms with van der Waals surface area (Å²) in [7, 11) is 3.15. The second-order valence-electron chi connectivity index (χ2n) is 21.1. The number of hydrogen-bond donors (Lipinski definition) is 2. The van der Waals surface area contributed by atoms with E-state index in [1.54, 1.807) is 72.2 Å². The summed E-state index contributed by atoms with van der Waals surface area (Å²) in [6, 6.07) is 24.4. The van der Waals surface area contributed by atoms with Crippen LogP contribution >= 0.6 is 23.2 Å². The zero-order chi connectivity index (χ0) is 62.4. The number of nitriles is 1. The minimum atomic E-state index is -0.838. The molecule has 1 saturated heterocycles. The Bertz CT molecular complexity index is 3530. The molecule has 9 rings (SSSR count). The molecule has 5 heterocycles. The molecule has 3 N–H and O–H groups in total. The zero-order valence-corrected chi connectivity index (χ0v) is 51.0. The monoisotopic (exact) mass is 1250 g/mol. The van der Waals surface area contributed by atoms with Crippen LogP contribution in [-0.2, 0) is 41.6 Å². The maximum atomic E-state index is 15.1. The summed E-state index contributed by atoms with van der Waals surface area (Å²) in [6.45, 7) is 8.62. The maximum Gasteiger partial charge on any atom is 0.326 e. The number of nitrogens with zero attached hydrogens (tertiary/aromatic N) is 10. The van der Waals surface area contributed by atoms with E-state index in [1.165, 1.54) is 34.0 Å². The lowest BCUT2D eigenvalue weighted by Crippen LogP contribution is -2.56. The van der Waals surface area contributed by atoms with Crippen molar-refractivity contribution >= 4 is 58.6 Å². The van der Waals surface area contributed by atoms with Crippen molar-refractivity contribution in [1.82, 2.24) is 44.7 Å². The number of benzene rings is 4. The van der Waals surface area contributed by atoms with Crippen molar-refractivity contribution in [1.29, 1.82) is 5.26 Å². The van der Waals surface area contributed by atoms with E-state index in [9.17, 15) is 24.0 Å². The number of halogens is 3. The number of aliphatic imine (C=N–C) groups is 1. The molecule has 2 aromatic heterocycles. The largest absolute Gasteiger partial charge is 0.497 e. The summed E-state index contributed by atoms with van der Waals surface area (Å²) in [4.78, 5) is 75.9. The van der Waals surface area contributed by atoms with Gasteiger partial charge in [-0.2, -0.15) is 10.4 Å². The van der Waals surface area contributed by atoms with Gasteiger partial charge in [0, 0.05) is 66.9 Å². The van der Waals surface area contributed by atoms with Gasteiger partial charge in [-0.15, -0.1) is 0 Å². The highest BCUT2D eigenvalue weighted by atomic mass is 35.5. The Balaban J connectivity index is 0.678. The molecule has 3 atom stereocenters. The highest BCUT2D eigenvalue weighted by Crippen LogP contribution is 2.46. The topological polar surface area (TPSA) is 264 Å². The average Bonchev–Trinajstić information content (AvgIpc) is 2.05. The third-order valence-electron chi connectivity index (χ3n) is 14.7. The molecule has 3 aliphatic rings. The molecule has 2 bridgehead atoms. The quantitative estimate of drug-likeness (QED) is 0.0547. The molecule has 4 aromatic carbocycles. The van der Waals surface area contributed by atoms with Gasteiger partial charge >= 0.3 is 6.03 Å². The summed E-state index contributed by atoms with van der Waals surface area (Å²) in [5.41, 5.74) is 9.82. The van der Waals surface area contributed by atoms with Crippen LogP contribution in [-0.4, -0.2) is 175 Å². The third kappa shape index (κ3) is 15.6. The van der Waals surface area contributed by atoms with Crippen LogP contribution in [0.4, 0.5) is 15.0 Å². The molecule has 0 saturated carbocycles. The van der Waals surface area contributed by atoms with E-state index < -0.39 is 35.9 Å². The molecule has 0 unspecified atom stereocenters. The number of nitrogens with two attached hydrogens (primary N) is 1. The van der Waals surface area contributed by atoms with Crippen LogP contribution < -0.4 is 25.3 Å². The lowest BCUT2D eigenvalue weighted by Gasteiger charge is -2.38. The normalized spacial score (nSPS) is 16.7. The minimum absolute atomic E-state index is 0.0146. The van der Waals surface area contributed by atoms with Gasteiger partial charge in [0.1, 0.15) is 47.9 Å². The highest BCUT2D eigenvalue weighted by molar-refractivity contribution is 6.30. The standard InChI is InChI=1S/C62H69Cl2FN12O11/c1-38(2)87-52-33-45(82-5)15-17-47(52)59-71-56(40-6-10-42(63)11-7-40)57(41-8-12-43(64)13-9-41)77(59)62(81)75-22-21-74(54(79)37-75)23-25-84-27-29-86-31-30-85-28-26-83-24-18-53(78)68-19-20-76-51-36-73(4)61(80)46-16-14-44(65)32-48(46)39(3)88-60-58(67)69-35-50(70-60)55(51)49(34-66)72-76/h6-17,32-33,35,38-39,56-57H,18-31,36-37H2,1-5H3,(H2,67,69)(H,68,78)/t39-,56-,57+/m1/s1. The summed E-state index contributed by atoms with van der Waals surface area (Å²) in [5, 5.41) is 18.6. The first kappa shape index (κ1) is 64.0. The highest BCUT2D eigenvalue weighted by Gasteiger charge is 2.46. The first-order valence-electron chi connectivity index (χ1n) is 28.7. The molecule has 3 aliphatic heterocycles. The number of amides is 5. The van der Waals surface area contributed by atoms with Gasteiger partial charge in [-0.25, -0.2) is 19.2 Å². The first-order valence-corrected chi connectivity index (χ1v) is 29.5. The second-order valence-corrected chi connectivity index (χ2v) is 22.0. The summed E-state index contributed by atoms with van der Waals surface area (Å²) in [6.07, 6.45) is 0.410. The minimum Gasteiger partial charge on any atom is -0.497 e. The van der Waals surface area contributed by atoms with E-state index >= 15 is 4.79 Å². The van der Waals surface area contributed by atoms with Crippen LogP contribution in [0.2, 0.25) is 10.0 Å². The molecule has 0 aliphatic carbocycles. The lowest BCUT2D eigenvalue weighted by atomic mass is 9.93. The van der Waals surface area contributed by atoms with Crippen molar-refractivity contribution in [3.63, 3.8) is 0 Å². The Morgan fingerprint density at radius 3 is 2.17 bits per heavy atom. The molecule has 0 spiro atoms. The fourth-order valence-corrected chi connectivity index (χ4v) is 10.6. The molecule has 6 aromatic rings. The van der Waals surface area contributed by atoms with Gasteiger partial charge in [-0.3, -0.25) is 29.0 Å². The molecule has 1 fully saturated rings. The van der Waals surface area contributed by atoms with Crippen molar-refractivity contribution in [2.75, 3.05) is 105 Å². The number of ether oxygens (including phenoxy) is 7. The van der Waals surface area contributed by atoms with E-state index in [1.807, 2.05) is 44.2 Å². The summed E-state index contributed by atoms with van der Waals surface area (Å²) < 4.78 is 56.6. The number of methoxy groups -OCH3 is 1. The van der Waals surface area contributed by atoms with Crippen LogP contribution in [0.3, 0.4) is 0 Å². The molecule has 5 amide bonds. The Labute approximate surface area is 518 Å². The summed E-state index contributed by atoms with van der Waals surface area (Å²) >= 11 is 12.7. The number of fused-ring (bicyclic) bond motifs is 5. The molecule has 26 heteroatoms. The van der Waals surface area contributed by atoms with E-state index in [4.69, 9.17) is 67.1 Å². The number of piperazine rings is 1. The van der Waals surface area contributed by atoms with Crippen LogP contribution in [0.5, 0.6) is 17.4 Å². The van der Waals surface area contributed by atoms with E-state index in [2.05, 4.69) is 26.5 Å². The summed E-state index contributed by atoms with van der Waals surface area (Å²) in [5.74, 6) is -0.141. The van der Waals surface area contributed by atoms with Gasteiger partial charge in [-0.05, 0) is 86.5 Å². The molecule has 88 heavy (non-hydrogen) atoms. The third-order valence-corrected chi connectivity index (χ3v) is 15.2. The van der Waals surface area contributed by atoms with Gasteiger partial charge in [-0.1, -0.05) is 47.5 Å². The number of nitrogens with one attached hydrogen (secondary N) is 1.